The van der Waals surface area contributed by atoms with Gasteiger partial charge in [-0.2, -0.15) is 10.5 Å². The first-order valence-corrected chi connectivity index (χ1v) is 16.5. The van der Waals surface area contributed by atoms with Gasteiger partial charge in [0.2, 0.25) is 5.78 Å². The number of nitrogens with zero attached hydrogens (tertiary/aromatic N) is 5. The van der Waals surface area contributed by atoms with Crippen molar-refractivity contribution in [2.45, 2.75) is 11.8 Å². The zero-order valence-corrected chi connectivity index (χ0v) is 25.6. The van der Waals surface area contributed by atoms with Crippen LogP contribution >= 0.6 is 11.3 Å². The summed E-state index contributed by atoms with van der Waals surface area (Å²) >= 11 is 1.80. The fraction of sp³-hybridized carbons (Fsp3) is 0.0488. The first kappa shape index (κ1) is 25.0. The molecule has 47 heavy (non-hydrogen) atoms. The Labute approximate surface area is 272 Å². The number of fused-ring (bicyclic) bond motifs is 9. The molecule has 6 aromatic carbocycles. The number of aromatic nitrogens is 3. The summed E-state index contributed by atoms with van der Waals surface area (Å²) in [5, 5.41) is 23.7. The van der Waals surface area contributed by atoms with E-state index in [1.165, 1.54) is 31.3 Å². The van der Waals surface area contributed by atoms with Crippen LogP contribution in [0.2, 0.25) is 0 Å². The second-order valence-electron chi connectivity index (χ2n) is 12.5. The van der Waals surface area contributed by atoms with Gasteiger partial charge in [0, 0.05) is 32.0 Å². The van der Waals surface area contributed by atoms with Crippen LogP contribution in [0.15, 0.2) is 115 Å². The van der Waals surface area contributed by atoms with Crippen molar-refractivity contribution in [3.8, 4) is 17.8 Å². The van der Waals surface area contributed by atoms with Gasteiger partial charge in [-0.1, -0.05) is 72.8 Å². The number of hydrogen-bond donors (Lipinski definition) is 0. The molecule has 2 atom stereocenters. The van der Waals surface area contributed by atoms with Gasteiger partial charge < -0.3 is 0 Å². The fourth-order valence-corrected chi connectivity index (χ4v) is 9.77. The van der Waals surface area contributed by atoms with Crippen LogP contribution in [-0.4, -0.2) is 14.0 Å². The van der Waals surface area contributed by atoms with Crippen LogP contribution < -0.4 is 0 Å². The average Bonchev–Trinajstić information content (AvgIpc) is 3.79. The third-order valence-electron chi connectivity index (χ3n) is 10.4. The summed E-state index contributed by atoms with van der Waals surface area (Å²) in [7, 11) is 0. The molecule has 2 unspecified atom stereocenters. The van der Waals surface area contributed by atoms with Crippen LogP contribution in [0.3, 0.4) is 0 Å². The van der Waals surface area contributed by atoms with Crippen LogP contribution in [0.1, 0.15) is 56.3 Å². The van der Waals surface area contributed by atoms with Gasteiger partial charge in [-0.05, 0) is 75.8 Å². The molecule has 3 heterocycles. The molecule has 3 aromatic heterocycles. The lowest BCUT2D eigenvalue weighted by molar-refractivity contribution is 0.748. The Morgan fingerprint density at radius 3 is 2.21 bits per heavy atom. The average molecular weight is 616 g/mol. The first-order chi connectivity index (χ1) is 23.3. The predicted molar refractivity (Wildman–Crippen MR) is 187 cm³/mol. The molecular formula is C41H21N5S. The first-order valence-electron chi connectivity index (χ1n) is 15.7. The van der Waals surface area contributed by atoms with Crippen LogP contribution in [-0.2, 0) is 0 Å². The Bertz CT molecular complexity index is 2960. The molecule has 0 saturated carbocycles. The van der Waals surface area contributed by atoms with Crippen molar-refractivity contribution in [2.75, 3.05) is 0 Å². The number of hydrogen-bond acceptors (Lipinski definition) is 4. The maximum absolute atomic E-state index is 11.1. The highest BCUT2D eigenvalue weighted by atomic mass is 32.1. The number of imidazole rings is 2. The van der Waals surface area contributed by atoms with Crippen molar-refractivity contribution in [1.82, 2.24) is 14.0 Å². The Kier molecular flexibility index (Phi) is 4.65. The standard InChI is InChI=1S/C41H21N5S/c42-20-22-8-7-12-26-35(22)36-23-9-1-2-10-24(23)37(26)38-27(36)16-17-30(28(38)21-43)45-32-18-19-34-39(25-11-3-6-15-33(25)47-34)40(32)46-31-14-5-4-13-29(31)44-41(45)46/h1-19,36-37H. The molecule has 0 N–H and O–H groups in total. The second kappa shape index (κ2) is 8.73. The summed E-state index contributed by atoms with van der Waals surface area (Å²) in [6.07, 6.45) is 0. The highest BCUT2D eigenvalue weighted by molar-refractivity contribution is 7.26. The third kappa shape index (κ3) is 2.95. The molecule has 0 aliphatic heterocycles. The highest BCUT2D eigenvalue weighted by Crippen LogP contribution is 2.58. The van der Waals surface area contributed by atoms with Gasteiger partial charge in [0.25, 0.3) is 0 Å². The van der Waals surface area contributed by atoms with Gasteiger partial charge in [0.1, 0.15) is 6.07 Å². The van der Waals surface area contributed by atoms with Crippen molar-refractivity contribution >= 4 is 59.4 Å². The lowest BCUT2D eigenvalue weighted by Crippen LogP contribution is -2.29. The van der Waals surface area contributed by atoms with Crippen molar-refractivity contribution < 1.29 is 0 Å². The summed E-state index contributed by atoms with van der Waals surface area (Å²) in [6, 6.07) is 45.3. The van der Waals surface area contributed by atoms with Crippen molar-refractivity contribution in [3.63, 3.8) is 0 Å². The lowest BCUT2D eigenvalue weighted by Gasteiger charge is -2.43. The summed E-state index contributed by atoms with van der Waals surface area (Å²) in [6.45, 7) is 0. The predicted octanol–water partition coefficient (Wildman–Crippen LogP) is 9.53. The second-order valence-corrected chi connectivity index (χ2v) is 13.5. The topological polar surface area (TPSA) is 69.8 Å². The van der Waals surface area contributed by atoms with Crippen molar-refractivity contribution in [3.05, 3.63) is 160 Å². The SMILES string of the molecule is N#Cc1cccc2c1C1c3ccccc3C2c2c1ccc(-n1c3ccc4sc5ccccc5c4c3n3c4ccccc4nc13)c2C#N. The Morgan fingerprint density at radius 2 is 1.36 bits per heavy atom. The molecule has 5 nitrogen and oxygen atoms in total. The van der Waals surface area contributed by atoms with Gasteiger partial charge >= 0.3 is 0 Å². The Balaban J connectivity index is 1.29. The number of rotatable bonds is 1. The number of para-hydroxylation sites is 2. The van der Waals surface area contributed by atoms with E-state index in [9.17, 15) is 10.5 Å². The fourth-order valence-electron chi connectivity index (χ4n) is 8.66. The van der Waals surface area contributed by atoms with Gasteiger partial charge in [-0.3, -0.25) is 8.97 Å². The maximum Gasteiger partial charge on any atom is 0.220 e. The zero-order valence-electron chi connectivity index (χ0n) is 24.8. The zero-order chi connectivity index (χ0) is 31.0. The number of nitriles is 2. The summed E-state index contributed by atoms with van der Waals surface area (Å²) in [5.41, 5.74) is 13.0. The molecule has 3 aliphatic rings. The van der Waals surface area contributed by atoms with E-state index in [2.05, 4.69) is 118 Å². The molecule has 0 radical (unpaired) electrons. The van der Waals surface area contributed by atoms with E-state index in [0.29, 0.717) is 11.1 Å². The normalized spacial score (nSPS) is 16.0. The highest BCUT2D eigenvalue weighted by Gasteiger charge is 2.44. The minimum Gasteiger partial charge on any atom is -0.277 e. The minimum absolute atomic E-state index is 0.106. The van der Waals surface area contributed by atoms with E-state index >= 15 is 0 Å². The van der Waals surface area contributed by atoms with Crippen LogP contribution in [0, 0.1) is 22.7 Å². The van der Waals surface area contributed by atoms with Gasteiger partial charge in [-0.25, -0.2) is 4.98 Å². The smallest absolute Gasteiger partial charge is 0.220 e. The van der Waals surface area contributed by atoms with E-state index < -0.39 is 0 Å². The van der Waals surface area contributed by atoms with Gasteiger partial charge in [0.15, 0.2) is 0 Å². The van der Waals surface area contributed by atoms with Crippen molar-refractivity contribution in [1.29, 1.82) is 10.5 Å². The molecule has 0 spiro atoms. The van der Waals surface area contributed by atoms with Crippen LogP contribution in [0.4, 0.5) is 0 Å². The molecule has 9 aromatic rings. The van der Waals surface area contributed by atoms with E-state index in [-0.39, 0.29) is 11.8 Å². The maximum atomic E-state index is 11.1. The molecule has 216 valence electrons. The van der Waals surface area contributed by atoms with E-state index in [4.69, 9.17) is 4.98 Å². The molecule has 0 fully saturated rings. The quantitative estimate of drug-likeness (QED) is 0.185. The summed E-state index contributed by atoms with van der Waals surface area (Å²) in [5.74, 6) is 0.535. The number of thiophene rings is 1. The number of benzene rings is 6. The molecule has 3 aliphatic carbocycles. The van der Waals surface area contributed by atoms with E-state index in [1.807, 2.05) is 18.2 Å². The monoisotopic (exact) mass is 615 g/mol. The molecule has 12 rings (SSSR count). The molecule has 6 heteroatoms. The van der Waals surface area contributed by atoms with E-state index in [1.54, 1.807) is 11.3 Å². The third-order valence-corrected chi connectivity index (χ3v) is 11.5. The minimum atomic E-state index is -0.145. The molecular weight excluding hydrogens is 595 g/mol. The Morgan fingerprint density at radius 1 is 0.617 bits per heavy atom. The van der Waals surface area contributed by atoms with Gasteiger partial charge in [-0.15, -0.1) is 11.3 Å². The van der Waals surface area contributed by atoms with Crippen LogP contribution in [0.5, 0.6) is 0 Å². The van der Waals surface area contributed by atoms with E-state index in [0.717, 1.165) is 55.8 Å². The molecule has 2 bridgehead atoms. The molecule has 0 saturated heterocycles. The lowest BCUT2D eigenvalue weighted by atomic mass is 9.59. The summed E-state index contributed by atoms with van der Waals surface area (Å²) in [4.78, 5) is 5.21. The van der Waals surface area contributed by atoms with Gasteiger partial charge in [0.05, 0.1) is 45.0 Å². The largest absolute Gasteiger partial charge is 0.277 e. The van der Waals surface area contributed by atoms with Crippen LogP contribution in [0.25, 0.3) is 53.7 Å². The Hall–Kier alpha value is -6.21. The van der Waals surface area contributed by atoms with Crippen molar-refractivity contribution in [2.24, 2.45) is 0 Å². The summed E-state index contributed by atoms with van der Waals surface area (Å²) < 4.78 is 6.95. The molecule has 0 amide bonds.